The Balaban J connectivity index is 1.97. The maximum atomic E-state index is 13.5. The highest BCUT2D eigenvalue weighted by atomic mass is 32.2. The largest absolute Gasteiger partial charge is 0.352 e. The third-order valence-electron chi connectivity index (χ3n) is 5.13. The van der Waals surface area contributed by atoms with E-state index < -0.39 is 5.25 Å². The van der Waals surface area contributed by atoms with Crippen LogP contribution in [-0.2, 0) is 4.79 Å². The summed E-state index contributed by atoms with van der Waals surface area (Å²) in [6, 6.07) is 13.3. The van der Waals surface area contributed by atoms with Crippen molar-refractivity contribution in [2.45, 2.75) is 31.2 Å². The van der Waals surface area contributed by atoms with E-state index >= 15 is 0 Å². The van der Waals surface area contributed by atoms with Crippen molar-refractivity contribution >= 4 is 34.3 Å². The average molecular weight is 434 g/mol. The van der Waals surface area contributed by atoms with Crippen molar-refractivity contribution in [1.82, 2.24) is 24.5 Å². The fraction of sp³-hybridized carbons (Fsp3) is 0.217. The first kappa shape index (κ1) is 20.9. The van der Waals surface area contributed by atoms with Crippen LogP contribution in [0.1, 0.15) is 18.1 Å². The number of nitrogens with one attached hydrogen (secondary N) is 1. The lowest BCUT2D eigenvalue weighted by molar-refractivity contribution is -0.120. The standard InChI is InChI=1S/C23H23N5O2S/c1-5-13-24-20(29)16(4)31-23-26-25-22-27(23)18-12-7-6-11-17(18)21(30)28(22)19-14(2)9-8-10-15(19)3/h5-12,16H,1,13H2,2-4H3,(H,24,29). The Morgan fingerprint density at radius 2 is 1.87 bits per heavy atom. The predicted octanol–water partition coefficient (Wildman–Crippen LogP) is 3.43. The normalized spacial score (nSPS) is 12.2. The van der Waals surface area contributed by atoms with Crippen molar-refractivity contribution in [1.29, 1.82) is 0 Å². The number of nitrogens with zero attached hydrogens (tertiary/aromatic N) is 4. The summed E-state index contributed by atoms with van der Waals surface area (Å²) in [6.45, 7) is 9.78. The first-order chi connectivity index (χ1) is 14.9. The molecule has 158 valence electrons. The number of aryl methyl sites for hydroxylation is 2. The van der Waals surface area contributed by atoms with E-state index in [4.69, 9.17) is 0 Å². The molecule has 2 aromatic carbocycles. The second-order valence-corrected chi connectivity index (χ2v) is 8.62. The molecule has 0 saturated carbocycles. The lowest BCUT2D eigenvalue weighted by atomic mass is 10.1. The topological polar surface area (TPSA) is 81.3 Å². The van der Waals surface area contributed by atoms with E-state index in [2.05, 4.69) is 22.1 Å². The highest BCUT2D eigenvalue weighted by Crippen LogP contribution is 2.27. The maximum absolute atomic E-state index is 13.5. The minimum atomic E-state index is -0.397. The third-order valence-corrected chi connectivity index (χ3v) is 6.17. The molecule has 4 rings (SSSR count). The van der Waals surface area contributed by atoms with Gasteiger partial charge in [-0.1, -0.05) is 48.2 Å². The van der Waals surface area contributed by atoms with Crippen molar-refractivity contribution in [3.8, 4) is 5.69 Å². The van der Waals surface area contributed by atoms with Crippen LogP contribution in [-0.4, -0.2) is 36.9 Å². The Morgan fingerprint density at radius 3 is 2.58 bits per heavy atom. The van der Waals surface area contributed by atoms with Gasteiger partial charge < -0.3 is 5.32 Å². The summed E-state index contributed by atoms with van der Waals surface area (Å²) < 4.78 is 3.47. The van der Waals surface area contributed by atoms with Gasteiger partial charge in [-0.2, -0.15) is 0 Å². The summed E-state index contributed by atoms with van der Waals surface area (Å²) in [5.74, 6) is 0.302. The van der Waals surface area contributed by atoms with Gasteiger partial charge in [0.25, 0.3) is 5.56 Å². The van der Waals surface area contributed by atoms with Gasteiger partial charge in [0, 0.05) is 6.54 Å². The third kappa shape index (κ3) is 3.63. The molecule has 1 atom stereocenters. The molecule has 31 heavy (non-hydrogen) atoms. The van der Waals surface area contributed by atoms with Crippen LogP contribution in [0.25, 0.3) is 22.4 Å². The van der Waals surface area contributed by atoms with E-state index in [1.165, 1.54) is 11.8 Å². The Kier molecular flexibility index (Phi) is 5.65. The molecule has 2 aromatic heterocycles. The number of hydrogen-bond donors (Lipinski definition) is 1. The maximum Gasteiger partial charge on any atom is 0.267 e. The highest BCUT2D eigenvalue weighted by Gasteiger charge is 2.22. The van der Waals surface area contributed by atoms with Crippen molar-refractivity contribution in [3.63, 3.8) is 0 Å². The molecule has 4 aromatic rings. The molecule has 0 spiro atoms. The van der Waals surface area contributed by atoms with Crippen LogP contribution in [0.3, 0.4) is 0 Å². The second kappa shape index (κ2) is 8.39. The molecule has 0 aliphatic rings. The van der Waals surface area contributed by atoms with Gasteiger partial charge in [-0.15, -0.1) is 16.8 Å². The first-order valence-electron chi connectivity index (χ1n) is 9.94. The van der Waals surface area contributed by atoms with Crippen LogP contribution < -0.4 is 10.9 Å². The number of para-hydroxylation sites is 2. The number of benzene rings is 2. The van der Waals surface area contributed by atoms with E-state index in [1.54, 1.807) is 16.7 Å². The number of amides is 1. The number of thioether (sulfide) groups is 1. The molecule has 0 saturated heterocycles. The summed E-state index contributed by atoms with van der Waals surface area (Å²) >= 11 is 1.30. The monoisotopic (exact) mass is 433 g/mol. The number of aromatic nitrogens is 4. The molecule has 0 aliphatic heterocycles. The zero-order valence-corrected chi connectivity index (χ0v) is 18.4. The minimum absolute atomic E-state index is 0.117. The first-order valence-corrected chi connectivity index (χ1v) is 10.8. The molecule has 0 aliphatic carbocycles. The van der Waals surface area contributed by atoms with E-state index in [1.807, 2.05) is 61.6 Å². The number of carbonyl (C=O) groups is 1. The molecular weight excluding hydrogens is 410 g/mol. The summed E-state index contributed by atoms with van der Waals surface area (Å²) in [5.41, 5.74) is 3.28. The Bertz CT molecular complexity index is 1350. The fourth-order valence-corrected chi connectivity index (χ4v) is 4.52. The van der Waals surface area contributed by atoms with Crippen LogP contribution in [0.15, 0.2) is 65.1 Å². The molecule has 0 fully saturated rings. The molecule has 0 radical (unpaired) electrons. The molecule has 7 nitrogen and oxygen atoms in total. The van der Waals surface area contributed by atoms with E-state index in [0.717, 1.165) is 16.8 Å². The van der Waals surface area contributed by atoms with Crippen molar-refractivity contribution in [2.24, 2.45) is 0 Å². The van der Waals surface area contributed by atoms with Gasteiger partial charge in [-0.25, -0.2) is 4.57 Å². The zero-order chi connectivity index (χ0) is 22.1. The van der Waals surface area contributed by atoms with Crippen LogP contribution in [0.5, 0.6) is 0 Å². The zero-order valence-electron chi connectivity index (χ0n) is 17.6. The lowest BCUT2D eigenvalue weighted by Gasteiger charge is -2.16. The van der Waals surface area contributed by atoms with Crippen LogP contribution >= 0.6 is 11.8 Å². The second-order valence-electron chi connectivity index (χ2n) is 7.31. The molecule has 1 amide bonds. The van der Waals surface area contributed by atoms with E-state index in [-0.39, 0.29) is 11.5 Å². The van der Waals surface area contributed by atoms with Gasteiger partial charge in [0.2, 0.25) is 11.7 Å². The van der Waals surface area contributed by atoms with Gasteiger partial charge in [-0.3, -0.25) is 14.0 Å². The summed E-state index contributed by atoms with van der Waals surface area (Å²) in [6.07, 6.45) is 1.64. The molecule has 2 heterocycles. The quantitative estimate of drug-likeness (QED) is 0.372. The van der Waals surface area contributed by atoms with Crippen LogP contribution in [0, 0.1) is 13.8 Å². The van der Waals surface area contributed by atoms with Crippen molar-refractivity contribution in [3.05, 3.63) is 76.6 Å². The van der Waals surface area contributed by atoms with E-state index in [0.29, 0.717) is 28.4 Å². The molecule has 1 N–H and O–H groups in total. The SMILES string of the molecule is C=CCNC(=O)C(C)Sc1nnc2n(-c3c(C)cccc3C)c(=O)c3ccccc3n12. The summed E-state index contributed by atoms with van der Waals surface area (Å²) in [7, 11) is 0. The fourth-order valence-electron chi connectivity index (χ4n) is 3.64. The lowest BCUT2D eigenvalue weighted by Crippen LogP contribution is -2.31. The van der Waals surface area contributed by atoms with Gasteiger partial charge >= 0.3 is 0 Å². The number of hydrogen-bond acceptors (Lipinski definition) is 5. The van der Waals surface area contributed by atoms with Gasteiger partial charge in [-0.05, 0) is 44.0 Å². The number of fused-ring (bicyclic) bond motifs is 3. The minimum Gasteiger partial charge on any atom is -0.352 e. The molecule has 0 bridgehead atoms. The van der Waals surface area contributed by atoms with Gasteiger partial charge in [0.1, 0.15) is 0 Å². The predicted molar refractivity (Wildman–Crippen MR) is 124 cm³/mol. The van der Waals surface area contributed by atoms with Crippen molar-refractivity contribution in [2.75, 3.05) is 6.54 Å². The van der Waals surface area contributed by atoms with Gasteiger partial charge in [0.15, 0.2) is 5.16 Å². The van der Waals surface area contributed by atoms with Gasteiger partial charge in [0.05, 0.1) is 21.8 Å². The average Bonchev–Trinajstić information content (AvgIpc) is 3.17. The summed E-state index contributed by atoms with van der Waals surface area (Å²) in [5, 5.41) is 12.2. The molecule has 1 unspecified atom stereocenters. The smallest absolute Gasteiger partial charge is 0.267 e. The highest BCUT2D eigenvalue weighted by molar-refractivity contribution is 8.00. The van der Waals surface area contributed by atoms with Crippen molar-refractivity contribution < 1.29 is 4.79 Å². The van der Waals surface area contributed by atoms with Crippen LogP contribution in [0.2, 0.25) is 0 Å². The Morgan fingerprint density at radius 1 is 1.16 bits per heavy atom. The Hall–Kier alpha value is -3.39. The number of rotatable bonds is 6. The Labute approximate surface area is 183 Å². The molecule has 8 heteroatoms. The summed E-state index contributed by atoms with van der Waals surface area (Å²) in [4.78, 5) is 25.9. The van der Waals surface area contributed by atoms with Crippen LogP contribution in [0.4, 0.5) is 0 Å². The number of carbonyl (C=O) groups excluding carboxylic acids is 1. The van der Waals surface area contributed by atoms with E-state index in [9.17, 15) is 9.59 Å². The molecular formula is C23H23N5O2S.